The molecule has 0 aliphatic rings. The first-order valence-electron chi connectivity index (χ1n) is 4.99. The maximum absolute atomic E-state index is 11.9. The van der Waals surface area contributed by atoms with Crippen molar-refractivity contribution in [3.05, 3.63) is 62.5 Å². The maximum atomic E-state index is 11.9. The summed E-state index contributed by atoms with van der Waals surface area (Å²) in [7, 11) is 0. The fourth-order valence-electron chi connectivity index (χ4n) is 1.34. The highest BCUT2D eigenvalue weighted by molar-refractivity contribution is 9.10. The summed E-state index contributed by atoms with van der Waals surface area (Å²) >= 11 is 15.0. The normalized spacial score (nSPS) is 10.2. The first kappa shape index (κ1) is 13.4. The quantitative estimate of drug-likeness (QED) is 0.567. The summed E-state index contributed by atoms with van der Waals surface area (Å²) in [6.45, 7) is 0. The van der Waals surface area contributed by atoms with Crippen LogP contribution in [-0.4, -0.2) is 5.97 Å². The lowest BCUT2D eigenvalue weighted by molar-refractivity contribution is 0.0734. The van der Waals surface area contributed by atoms with Crippen LogP contribution in [0.5, 0.6) is 5.75 Å². The Morgan fingerprint density at radius 3 is 2.50 bits per heavy atom. The molecule has 0 aromatic heterocycles. The Labute approximate surface area is 123 Å². The summed E-state index contributed by atoms with van der Waals surface area (Å²) in [4.78, 5) is 11.9. The molecule has 0 aliphatic heterocycles. The van der Waals surface area contributed by atoms with Crippen LogP contribution in [0.4, 0.5) is 0 Å². The lowest BCUT2D eigenvalue weighted by Crippen LogP contribution is -2.09. The van der Waals surface area contributed by atoms with Gasteiger partial charge in [-0.05, 0) is 46.3 Å². The highest BCUT2D eigenvalue weighted by atomic mass is 79.9. The minimum Gasteiger partial charge on any atom is -0.422 e. The lowest BCUT2D eigenvalue weighted by Gasteiger charge is -2.07. The average Bonchev–Trinajstić information content (AvgIpc) is 2.33. The van der Waals surface area contributed by atoms with E-state index in [1.165, 1.54) is 0 Å². The zero-order chi connectivity index (χ0) is 13.1. The molecule has 0 saturated heterocycles. The average molecular weight is 346 g/mol. The van der Waals surface area contributed by atoms with Gasteiger partial charge in [0.05, 0.1) is 15.1 Å². The summed E-state index contributed by atoms with van der Waals surface area (Å²) in [5.41, 5.74) is 0.320. The molecule has 2 aromatic rings. The van der Waals surface area contributed by atoms with Gasteiger partial charge >= 0.3 is 5.97 Å². The van der Waals surface area contributed by atoms with Crippen LogP contribution in [-0.2, 0) is 0 Å². The SMILES string of the molecule is O=C(Oc1ccc(Cl)cc1Br)c1ccccc1Cl. The number of benzene rings is 2. The molecule has 18 heavy (non-hydrogen) atoms. The number of ether oxygens (including phenoxy) is 1. The van der Waals surface area contributed by atoms with Gasteiger partial charge in [-0.3, -0.25) is 0 Å². The Balaban J connectivity index is 2.24. The van der Waals surface area contributed by atoms with Gasteiger partial charge < -0.3 is 4.74 Å². The van der Waals surface area contributed by atoms with Crippen LogP contribution in [0, 0.1) is 0 Å². The third-order valence-electron chi connectivity index (χ3n) is 2.19. The van der Waals surface area contributed by atoms with Crippen molar-refractivity contribution in [3.63, 3.8) is 0 Å². The summed E-state index contributed by atoms with van der Waals surface area (Å²) in [6, 6.07) is 11.6. The number of carbonyl (C=O) groups is 1. The van der Waals surface area contributed by atoms with Gasteiger partial charge in [0.15, 0.2) is 0 Å². The van der Waals surface area contributed by atoms with E-state index in [0.29, 0.717) is 25.8 Å². The molecule has 0 aliphatic carbocycles. The van der Waals surface area contributed by atoms with Crippen molar-refractivity contribution in [1.29, 1.82) is 0 Å². The molecule has 2 aromatic carbocycles. The molecular weight excluding hydrogens is 339 g/mol. The van der Waals surface area contributed by atoms with Crippen molar-refractivity contribution < 1.29 is 9.53 Å². The molecule has 92 valence electrons. The maximum Gasteiger partial charge on any atom is 0.345 e. The number of halogens is 3. The monoisotopic (exact) mass is 344 g/mol. The molecule has 0 fully saturated rings. The van der Waals surface area contributed by atoms with Gasteiger partial charge in [0.2, 0.25) is 0 Å². The molecule has 0 spiro atoms. The van der Waals surface area contributed by atoms with Crippen LogP contribution in [0.3, 0.4) is 0 Å². The summed E-state index contributed by atoms with van der Waals surface area (Å²) in [5, 5.41) is 0.909. The third-order valence-corrected chi connectivity index (χ3v) is 3.37. The molecule has 2 nitrogen and oxygen atoms in total. The Kier molecular flexibility index (Phi) is 4.27. The minimum atomic E-state index is -0.511. The molecule has 0 amide bonds. The number of hydrogen-bond donors (Lipinski definition) is 0. The van der Waals surface area contributed by atoms with E-state index >= 15 is 0 Å². The lowest BCUT2D eigenvalue weighted by atomic mass is 10.2. The molecule has 0 heterocycles. The van der Waals surface area contributed by atoms with Gasteiger partial charge in [0, 0.05) is 5.02 Å². The number of esters is 1. The standard InChI is InChI=1S/C13H7BrCl2O2/c14-10-7-8(15)5-6-12(10)18-13(17)9-3-1-2-4-11(9)16/h1-7H. The first-order valence-corrected chi connectivity index (χ1v) is 6.54. The van der Waals surface area contributed by atoms with E-state index in [0.717, 1.165) is 0 Å². The Bertz CT molecular complexity index is 599. The smallest absolute Gasteiger partial charge is 0.345 e. The van der Waals surface area contributed by atoms with Crippen LogP contribution >= 0.6 is 39.1 Å². The minimum absolute atomic E-state index is 0.320. The van der Waals surface area contributed by atoms with E-state index in [-0.39, 0.29) is 0 Å². The van der Waals surface area contributed by atoms with E-state index in [2.05, 4.69) is 15.9 Å². The Hall–Kier alpha value is -1.03. The van der Waals surface area contributed by atoms with E-state index < -0.39 is 5.97 Å². The second-order valence-electron chi connectivity index (χ2n) is 3.44. The number of carbonyl (C=O) groups excluding carboxylic acids is 1. The second-order valence-corrected chi connectivity index (χ2v) is 5.14. The van der Waals surface area contributed by atoms with E-state index in [1.807, 2.05) is 0 Å². The molecule has 2 rings (SSSR count). The number of hydrogen-bond acceptors (Lipinski definition) is 2. The van der Waals surface area contributed by atoms with Crippen molar-refractivity contribution in [2.45, 2.75) is 0 Å². The molecular formula is C13H7BrCl2O2. The van der Waals surface area contributed by atoms with Crippen LogP contribution in [0.15, 0.2) is 46.9 Å². The van der Waals surface area contributed by atoms with Gasteiger partial charge in [-0.15, -0.1) is 0 Å². The van der Waals surface area contributed by atoms with Gasteiger partial charge in [-0.1, -0.05) is 35.3 Å². The van der Waals surface area contributed by atoms with Gasteiger partial charge in [0.1, 0.15) is 5.75 Å². The van der Waals surface area contributed by atoms with Crippen molar-refractivity contribution in [3.8, 4) is 5.75 Å². The van der Waals surface area contributed by atoms with E-state index in [4.69, 9.17) is 27.9 Å². The molecule has 5 heteroatoms. The highest BCUT2D eigenvalue weighted by Crippen LogP contribution is 2.29. The van der Waals surface area contributed by atoms with Crippen LogP contribution < -0.4 is 4.74 Å². The van der Waals surface area contributed by atoms with Crippen molar-refractivity contribution in [1.82, 2.24) is 0 Å². The Morgan fingerprint density at radius 1 is 1.11 bits per heavy atom. The summed E-state index contributed by atoms with van der Waals surface area (Å²) in [6.07, 6.45) is 0. The summed E-state index contributed by atoms with van der Waals surface area (Å²) in [5.74, 6) is -0.118. The predicted molar refractivity (Wildman–Crippen MR) is 75.6 cm³/mol. The van der Waals surface area contributed by atoms with Crippen LogP contribution in [0.25, 0.3) is 0 Å². The molecule has 0 saturated carbocycles. The van der Waals surface area contributed by atoms with Gasteiger partial charge in [-0.25, -0.2) is 4.79 Å². The van der Waals surface area contributed by atoms with Gasteiger partial charge in [0.25, 0.3) is 0 Å². The Morgan fingerprint density at radius 2 is 1.83 bits per heavy atom. The number of rotatable bonds is 2. The zero-order valence-electron chi connectivity index (χ0n) is 8.99. The highest BCUT2D eigenvalue weighted by Gasteiger charge is 2.13. The summed E-state index contributed by atoms with van der Waals surface area (Å²) < 4.78 is 5.84. The molecule has 0 unspecified atom stereocenters. The third kappa shape index (κ3) is 3.05. The second kappa shape index (κ2) is 5.74. The van der Waals surface area contributed by atoms with Crippen LogP contribution in [0.1, 0.15) is 10.4 Å². The fourth-order valence-corrected chi connectivity index (χ4v) is 2.32. The predicted octanol–water partition coefficient (Wildman–Crippen LogP) is 4.98. The first-order chi connectivity index (χ1) is 8.58. The molecule has 0 radical (unpaired) electrons. The largest absolute Gasteiger partial charge is 0.422 e. The van der Waals surface area contributed by atoms with Crippen molar-refractivity contribution in [2.75, 3.05) is 0 Å². The topological polar surface area (TPSA) is 26.3 Å². The molecule has 0 bridgehead atoms. The van der Waals surface area contributed by atoms with Crippen LogP contribution in [0.2, 0.25) is 10.0 Å². The fraction of sp³-hybridized carbons (Fsp3) is 0. The van der Waals surface area contributed by atoms with Gasteiger partial charge in [-0.2, -0.15) is 0 Å². The molecule has 0 N–H and O–H groups in total. The van der Waals surface area contributed by atoms with Crippen molar-refractivity contribution >= 4 is 45.1 Å². The van der Waals surface area contributed by atoms with E-state index in [9.17, 15) is 4.79 Å². The van der Waals surface area contributed by atoms with E-state index in [1.54, 1.807) is 42.5 Å². The zero-order valence-corrected chi connectivity index (χ0v) is 12.1. The molecule has 0 atom stereocenters. The van der Waals surface area contributed by atoms with Crippen molar-refractivity contribution in [2.24, 2.45) is 0 Å².